The van der Waals surface area contributed by atoms with E-state index in [2.05, 4.69) is 9.97 Å². The molecule has 0 bridgehead atoms. The Kier molecular flexibility index (Phi) is 5.16. The van der Waals surface area contributed by atoms with Crippen LogP contribution < -0.4 is 5.73 Å². The summed E-state index contributed by atoms with van der Waals surface area (Å²) >= 11 is 1.24. The quantitative estimate of drug-likeness (QED) is 0.520. The van der Waals surface area contributed by atoms with Gasteiger partial charge in [-0.15, -0.1) is 0 Å². The second-order valence-electron chi connectivity index (χ2n) is 4.38. The summed E-state index contributed by atoms with van der Waals surface area (Å²) in [7, 11) is 0. The van der Waals surface area contributed by atoms with Crippen LogP contribution >= 0.6 is 11.8 Å². The van der Waals surface area contributed by atoms with Crippen LogP contribution in [0.4, 0.5) is 5.82 Å². The number of ether oxygens (including phenoxy) is 1. The predicted molar refractivity (Wildman–Crippen MR) is 82.9 cm³/mol. The zero-order valence-electron chi connectivity index (χ0n) is 11.9. The molecular formula is C15H17N3O2S. The van der Waals surface area contributed by atoms with Crippen molar-refractivity contribution >= 4 is 23.5 Å². The van der Waals surface area contributed by atoms with Crippen LogP contribution in [0.3, 0.4) is 0 Å². The van der Waals surface area contributed by atoms with Gasteiger partial charge in [0.05, 0.1) is 6.61 Å². The minimum absolute atomic E-state index is 0.308. The molecule has 0 saturated carbocycles. The van der Waals surface area contributed by atoms with E-state index in [1.807, 2.05) is 37.3 Å². The van der Waals surface area contributed by atoms with Crippen LogP contribution in [-0.4, -0.2) is 22.5 Å². The molecule has 110 valence electrons. The number of hydrogen-bond acceptors (Lipinski definition) is 6. The van der Waals surface area contributed by atoms with Gasteiger partial charge in [-0.25, -0.2) is 9.97 Å². The van der Waals surface area contributed by atoms with E-state index in [1.54, 1.807) is 13.0 Å². The minimum Gasteiger partial charge on any atom is -0.465 e. The molecule has 0 radical (unpaired) electrons. The average molecular weight is 303 g/mol. The number of nitrogens with zero attached hydrogens (tertiary/aromatic N) is 2. The van der Waals surface area contributed by atoms with E-state index < -0.39 is 5.25 Å². The van der Waals surface area contributed by atoms with E-state index in [9.17, 15) is 4.79 Å². The van der Waals surface area contributed by atoms with Gasteiger partial charge in [0, 0.05) is 11.8 Å². The number of nitrogens with two attached hydrogens (primary N) is 1. The molecule has 0 amide bonds. The Labute approximate surface area is 127 Å². The molecule has 1 heterocycles. The molecule has 0 aliphatic rings. The second kappa shape index (κ2) is 7.08. The average Bonchev–Trinajstić information content (AvgIpc) is 2.45. The standard InChI is InChI=1S/C15H17N3O2S/c1-3-20-14(19)13(11-7-5-4-6-8-11)21-15-17-10(2)9-12(16)18-15/h4-9,13H,3H2,1-2H3,(H2,16,17,18). The number of benzene rings is 1. The third kappa shape index (κ3) is 4.19. The summed E-state index contributed by atoms with van der Waals surface area (Å²) in [6.45, 7) is 3.95. The van der Waals surface area contributed by atoms with E-state index in [-0.39, 0.29) is 5.97 Å². The molecule has 1 atom stereocenters. The summed E-state index contributed by atoms with van der Waals surface area (Å²) in [5, 5.41) is -0.0400. The summed E-state index contributed by atoms with van der Waals surface area (Å²) in [5.74, 6) is 0.0815. The van der Waals surface area contributed by atoms with Crippen molar-refractivity contribution in [2.45, 2.75) is 24.3 Å². The van der Waals surface area contributed by atoms with E-state index >= 15 is 0 Å². The van der Waals surface area contributed by atoms with Crippen LogP contribution in [0.5, 0.6) is 0 Å². The Morgan fingerprint density at radius 3 is 2.67 bits per heavy atom. The van der Waals surface area contributed by atoms with Gasteiger partial charge in [0.15, 0.2) is 5.16 Å². The van der Waals surface area contributed by atoms with Crippen molar-refractivity contribution in [3.63, 3.8) is 0 Å². The molecule has 0 fully saturated rings. The monoisotopic (exact) mass is 303 g/mol. The molecule has 5 nitrogen and oxygen atoms in total. The molecular weight excluding hydrogens is 286 g/mol. The van der Waals surface area contributed by atoms with Gasteiger partial charge in [0.1, 0.15) is 11.1 Å². The Balaban J connectivity index is 2.29. The van der Waals surface area contributed by atoms with Crippen molar-refractivity contribution in [2.24, 2.45) is 0 Å². The predicted octanol–water partition coefficient (Wildman–Crippen LogP) is 2.76. The largest absolute Gasteiger partial charge is 0.465 e. The van der Waals surface area contributed by atoms with E-state index in [4.69, 9.17) is 10.5 Å². The normalized spacial score (nSPS) is 11.9. The van der Waals surface area contributed by atoms with Crippen LogP contribution in [0.2, 0.25) is 0 Å². The highest BCUT2D eigenvalue weighted by molar-refractivity contribution is 8.00. The Hall–Kier alpha value is -2.08. The molecule has 1 unspecified atom stereocenters. The fourth-order valence-electron chi connectivity index (χ4n) is 1.82. The molecule has 0 saturated heterocycles. The van der Waals surface area contributed by atoms with Gasteiger partial charge >= 0.3 is 5.97 Å². The number of aromatic nitrogens is 2. The zero-order chi connectivity index (χ0) is 15.2. The lowest BCUT2D eigenvalue weighted by molar-refractivity contribution is -0.142. The first-order chi connectivity index (χ1) is 10.1. The molecule has 0 aliphatic heterocycles. The van der Waals surface area contributed by atoms with Gasteiger partial charge in [-0.1, -0.05) is 42.1 Å². The number of hydrogen-bond donors (Lipinski definition) is 1. The van der Waals surface area contributed by atoms with Crippen molar-refractivity contribution in [3.8, 4) is 0 Å². The molecule has 2 N–H and O–H groups in total. The Bertz CT molecular complexity index is 599. The maximum Gasteiger partial charge on any atom is 0.324 e. The van der Waals surface area contributed by atoms with Crippen molar-refractivity contribution in [2.75, 3.05) is 12.3 Å². The fourth-order valence-corrected chi connectivity index (χ4v) is 2.84. The van der Waals surface area contributed by atoms with Gasteiger partial charge < -0.3 is 10.5 Å². The molecule has 21 heavy (non-hydrogen) atoms. The summed E-state index contributed by atoms with van der Waals surface area (Å²) in [5.41, 5.74) is 7.34. The highest BCUT2D eigenvalue weighted by Crippen LogP contribution is 2.34. The molecule has 6 heteroatoms. The van der Waals surface area contributed by atoms with Crippen LogP contribution in [0.15, 0.2) is 41.6 Å². The van der Waals surface area contributed by atoms with E-state index in [0.717, 1.165) is 11.3 Å². The Morgan fingerprint density at radius 1 is 1.33 bits per heavy atom. The first kappa shape index (κ1) is 15.3. The number of carbonyl (C=O) groups excluding carboxylic acids is 1. The highest BCUT2D eigenvalue weighted by Gasteiger charge is 2.24. The van der Waals surface area contributed by atoms with Crippen LogP contribution in [0, 0.1) is 6.92 Å². The van der Waals surface area contributed by atoms with Crippen LogP contribution in [-0.2, 0) is 9.53 Å². The molecule has 0 spiro atoms. The van der Waals surface area contributed by atoms with Gasteiger partial charge in [-0.2, -0.15) is 0 Å². The van der Waals surface area contributed by atoms with E-state index in [0.29, 0.717) is 17.6 Å². The number of anilines is 1. The molecule has 1 aromatic carbocycles. The summed E-state index contributed by atoms with van der Waals surface area (Å²) in [6, 6.07) is 11.1. The molecule has 0 aliphatic carbocycles. The third-order valence-electron chi connectivity index (χ3n) is 2.68. The highest BCUT2D eigenvalue weighted by atomic mass is 32.2. The lowest BCUT2D eigenvalue weighted by atomic mass is 10.1. The number of esters is 1. The van der Waals surface area contributed by atoms with Gasteiger partial charge in [0.25, 0.3) is 0 Å². The minimum atomic E-state index is -0.507. The fraction of sp³-hybridized carbons (Fsp3) is 0.267. The zero-order valence-corrected chi connectivity index (χ0v) is 12.8. The van der Waals surface area contributed by atoms with Gasteiger partial charge in [0.2, 0.25) is 0 Å². The van der Waals surface area contributed by atoms with Crippen molar-refractivity contribution in [1.29, 1.82) is 0 Å². The van der Waals surface area contributed by atoms with Crippen molar-refractivity contribution in [3.05, 3.63) is 47.7 Å². The lowest BCUT2D eigenvalue weighted by Gasteiger charge is -2.15. The van der Waals surface area contributed by atoms with Gasteiger partial charge in [-0.05, 0) is 19.4 Å². The van der Waals surface area contributed by atoms with E-state index in [1.165, 1.54) is 11.8 Å². The summed E-state index contributed by atoms with van der Waals surface area (Å²) in [6.07, 6.45) is 0. The first-order valence-electron chi connectivity index (χ1n) is 6.59. The maximum absolute atomic E-state index is 12.2. The van der Waals surface area contributed by atoms with Crippen LogP contribution in [0.25, 0.3) is 0 Å². The molecule has 2 aromatic rings. The van der Waals surface area contributed by atoms with Crippen LogP contribution in [0.1, 0.15) is 23.4 Å². The van der Waals surface area contributed by atoms with Crippen molar-refractivity contribution in [1.82, 2.24) is 9.97 Å². The lowest BCUT2D eigenvalue weighted by Crippen LogP contribution is -2.14. The topological polar surface area (TPSA) is 78.1 Å². The second-order valence-corrected chi connectivity index (χ2v) is 5.45. The molecule has 2 rings (SSSR count). The Morgan fingerprint density at radius 2 is 2.05 bits per heavy atom. The first-order valence-corrected chi connectivity index (χ1v) is 7.47. The number of rotatable bonds is 5. The number of carbonyl (C=O) groups is 1. The number of nitrogen functional groups attached to an aromatic ring is 1. The number of thioether (sulfide) groups is 1. The summed E-state index contributed by atoms with van der Waals surface area (Å²) < 4.78 is 5.14. The summed E-state index contributed by atoms with van der Waals surface area (Å²) in [4.78, 5) is 20.7. The maximum atomic E-state index is 12.2. The van der Waals surface area contributed by atoms with Gasteiger partial charge in [-0.3, -0.25) is 4.79 Å². The SMILES string of the molecule is CCOC(=O)C(Sc1nc(C)cc(N)n1)c1ccccc1. The van der Waals surface area contributed by atoms with Crippen molar-refractivity contribution < 1.29 is 9.53 Å². The smallest absolute Gasteiger partial charge is 0.324 e. The third-order valence-corrected chi connectivity index (χ3v) is 3.77. The molecule has 1 aromatic heterocycles. The number of aryl methyl sites for hydroxylation is 1.